The molecule has 2 rings (SSSR count). The van der Waals surface area contributed by atoms with Gasteiger partial charge in [0.2, 0.25) is 5.91 Å². The first-order chi connectivity index (χ1) is 14.2. The molecule has 0 radical (unpaired) electrons. The van der Waals surface area contributed by atoms with Gasteiger partial charge in [0, 0.05) is 12.6 Å². The Kier molecular flexibility index (Phi) is 10.7. The lowest BCUT2D eigenvalue weighted by molar-refractivity contribution is -0.114. The maximum absolute atomic E-state index is 11.0. The van der Waals surface area contributed by atoms with Gasteiger partial charge in [-0.2, -0.15) is 0 Å². The van der Waals surface area contributed by atoms with E-state index in [4.69, 9.17) is 9.47 Å². The molecule has 0 fully saturated rings. The molecule has 0 spiro atoms. The van der Waals surface area contributed by atoms with Crippen LogP contribution in [-0.4, -0.2) is 19.1 Å². The van der Waals surface area contributed by atoms with Gasteiger partial charge in [0.25, 0.3) is 0 Å². The molecule has 158 valence electrons. The molecule has 0 aliphatic rings. The van der Waals surface area contributed by atoms with E-state index in [0.717, 1.165) is 23.6 Å². The lowest BCUT2D eigenvalue weighted by Gasteiger charge is -2.10. The molecule has 4 heteroatoms. The molecular formula is C25H35NO3. The first kappa shape index (κ1) is 22.8. The molecule has 0 aliphatic carbocycles. The van der Waals surface area contributed by atoms with Crippen molar-refractivity contribution in [3.63, 3.8) is 0 Å². The van der Waals surface area contributed by atoms with Crippen LogP contribution in [0, 0.1) is 0 Å². The second kappa shape index (κ2) is 13.6. The first-order valence-electron chi connectivity index (χ1n) is 10.9. The van der Waals surface area contributed by atoms with Gasteiger partial charge >= 0.3 is 0 Å². The Balaban J connectivity index is 1.58. The zero-order valence-corrected chi connectivity index (χ0v) is 17.9. The Morgan fingerprint density at radius 3 is 1.83 bits per heavy atom. The van der Waals surface area contributed by atoms with E-state index in [1.807, 2.05) is 36.4 Å². The number of aryl methyl sites for hydroxylation is 1. The van der Waals surface area contributed by atoms with E-state index in [-0.39, 0.29) is 5.91 Å². The van der Waals surface area contributed by atoms with Crippen molar-refractivity contribution in [1.29, 1.82) is 0 Å². The molecule has 4 nitrogen and oxygen atoms in total. The summed E-state index contributed by atoms with van der Waals surface area (Å²) in [6.45, 7) is 4.71. The zero-order chi connectivity index (χ0) is 20.7. The monoisotopic (exact) mass is 397 g/mol. The number of rotatable bonds is 14. The van der Waals surface area contributed by atoms with Gasteiger partial charge in [0.05, 0.1) is 0 Å². The largest absolute Gasteiger partial charge is 0.490 e. The smallest absolute Gasteiger partial charge is 0.221 e. The van der Waals surface area contributed by atoms with Crippen LogP contribution < -0.4 is 14.8 Å². The highest BCUT2D eigenvalue weighted by Crippen LogP contribution is 2.17. The molecule has 0 unspecified atom stereocenters. The minimum absolute atomic E-state index is 0.0829. The highest BCUT2D eigenvalue weighted by Gasteiger charge is 2.00. The van der Waals surface area contributed by atoms with Crippen LogP contribution in [0.25, 0.3) is 0 Å². The fraction of sp³-hybridized carbons (Fsp3) is 0.480. The van der Waals surface area contributed by atoms with Crippen molar-refractivity contribution in [3.8, 4) is 11.5 Å². The summed E-state index contributed by atoms with van der Waals surface area (Å²) in [5, 5.41) is 2.73. The number of hydrogen-bond acceptors (Lipinski definition) is 3. The summed E-state index contributed by atoms with van der Waals surface area (Å²) in [6.07, 6.45) is 10.5. The van der Waals surface area contributed by atoms with Crippen molar-refractivity contribution in [3.05, 3.63) is 54.1 Å². The molecule has 0 bridgehead atoms. The van der Waals surface area contributed by atoms with Crippen LogP contribution in [0.5, 0.6) is 11.5 Å². The molecule has 2 aromatic carbocycles. The Hall–Kier alpha value is -2.49. The minimum Gasteiger partial charge on any atom is -0.490 e. The molecule has 0 atom stereocenters. The number of unbranched alkanes of at least 4 members (excludes halogenated alkanes) is 6. The number of benzene rings is 2. The van der Waals surface area contributed by atoms with E-state index in [0.29, 0.717) is 13.2 Å². The molecule has 0 saturated carbocycles. The number of carbonyl (C=O) groups is 1. The van der Waals surface area contributed by atoms with Gasteiger partial charge in [-0.05, 0) is 54.8 Å². The first-order valence-corrected chi connectivity index (χ1v) is 10.9. The Morgan fingerprint density at radius 1 is 0.759 bits per heavy atom. The summed E-state index contributed by atoms with van der Waals surface area (Å²) in [5.41, 5.74) is 2.14. The van der Waals surface area contributed by atoms with Crippen molar-refractivity contribution in [2.75, 3.05) is 18.5 Å². The van der Waals surface area contributed by atoms with E-state index >= 15 is 0 Å². The van der Waals surface area contributed by atoms with Gasteiger partial charge in [-0.25, -0.2) is 0 Å². The van der Waals surface area contributed by atoms with Gasteiger partial charge < -0.3 is 14.8 Å². The van der Waals surface area contributed by atoms with Gasteiger partial charge in [-0.1, -0.05) is 57.6 Å². The molecule has 2 aromatic rings. The van der Waals surface area contributed by atoms with Gasteiger partial charge in [0.1, 0.15) is 24.7 Å². The predicted molar refractivity (Wildman–Crippen MR) is 120 cm³/mol. The molecular weight excluding hydrogens is 362 g/mol. The van der Waals surface area contributed by atoms with Crippen LogP contribution in [0.4, 0.5) is 5.69 Å². The van der Waals surface area contributed by atoms with Crippen molar-refractivity contribution >= 4 is 11.6 Å². The summed E-state index contributed by atoms with van der Waals surface area (Å²) >= 11 is 0. The van der Waals surface area contributed by atoms with Crippen LogP contribution >= 0.6 is 0 Å². The van der Waals surface area contributed by atoms with Crippen LogP contribution in [-0.2, 0) is 11.2 Å². The normalized spacial score (nSPS) is 10.6. The maximum atomic E-state index is 11.0. The van der Waals surface area contributed by atoms with Crippen molar-refractivity contribution < 1.29 is 14.3 Å². The molecule has 0 aliphatic heterocycles. The summed E-state index contributed by atoms with van der Waals surface area (Å²) in [7, 11) is 0. The molecule has 29 heavy (non-hydrogen) atoms. The summed E-state index contributed by atoms with van der Waals surface area (Å²) in [4.78, 5) is 11.0. The Morgan fingerprint density at radius 2 is 1.28 bits per heavy atom. The van der Waals surface area contributed by atoms with Crippen molar-refractivity contribution in [2.45, 2.75) is 65.2 Å². The van der Waals surface area contributed by atoms with Crippen LogP contribution in [0.15, 0.2) is 48.5 Å². The summed E-state index contributed by atoms with van der Waals surface area (Å²) in [6, 6.07) is 15.7. The highest BCUT2D eigenvalue weighted by atomic mass is 16.5. The van der Waals surface area contributed by atoms with E-state index in [1.54, 1.807) is 0 Å². The third-order valence-electron chi connectivity index (χ3n) is 4.79. The van der Waals surface area contributed by atoms with Gasteiger partial charge in [-0.15, -0.1) is 0 Å². The molecule has 1 amide bonds. The van der Waals surface area contributed by atoms with Crippen molar-refractivity contribution in [1.82, 2.24) is 0 Å². The van der Waals surface area contributed by atoms with Crippen LogP contribution in [0.2, 0.25) is 0 Å². The van der Waals surface area contributed by atoms with E-state index < -0.39 is 0 Å². The van der Waals surface area contributed by atoms with Crippen molar-refractivity contribution in [2.24, 2.45) is 0 Å². The standard InChI is InChI=1S/C25H35NO3/c1-3-4-5-6-7-8-9-10-22-11-15-24(16-12-22)28-19-20-29-25-17-13-23(14-18-25)26-21(2)27/h11-18H,3-10,19-20H2,1-2H3,(H,26,27). The number of carbonyl (C=O) groups excluding carboxylic acids is 1. The topological polar surface area (TPSA) is 47.6 Å². The average Bonchev–Trinajstić information content (AvgIpc) is 2.72. The van der Waals surface area contributed by atoms with Gasteiger partial charge in [0.15, 0.2) is 0 Å². The number of nitrogens with one attached hydrogen (secondary N) is 1. The quantitative estimate of drug-likeness (QED) is 0.375. The fourth-order valence-electron chi connectivity index (χ4n) is 3.20. The maximum Gasteiger partial charge on any atom is 0.221 e. The molecule has 1 N–H and O–H groups in total. The fourth-order valence-corrected chi connectivity index (χ4v) is 3.20. The SMILES string of the molecule is CCCCCCCCCc1ccc(OCCOc2ccc(NC(C)=O)cc2)cc1. The Labute approximate surface area is 175 Å². The number of hydrogen-bond donors (Lipinski definition) is 1. The van der Waals surface area contributed by atoms with Gasteiger partial charge in [-0.3, -0.25) is 4.79 Å². The number of ether oxygens (including phenoxy) is 2. The van der Waals surface area contributed by atoms with Crippen LogP contribution in [0.3, 0.4) is 0 Å². The van der Waals surface area contributed by atoms with E-state index in [1.165, 1.54) is 57.4 Å². The molecule has 0 heterocycles. The summed E-state index contributed by atoms with van der Waals surface area (Å²) in [5.74, 6) is 1.55. The second-order valence-electron chi connectivity index (χ2n) is 7.42. The third kappa shape index (κ3) is 10.0. The zero-order valence-electron chi connectivity index (χ0n) is 17.9. The van der Waals surface area contributed by atoms with E-state index in [9.17, 15) is 4.79 Å². The third-order valence-corrected chi connectivity index (χ3v) is 4.79. The van der Waals surface area contributed by atoms with E-state index in [2.05, 4.69) is 24.4 Å². The highest BCUT2D eigenvalue weighted by molar-refractivity contribution is 5.88. The second-order valence-corrected chi connectivity index (χ2v) is 7.42. The minimum atomic E-state index is -0.0829. The number of anilines is 1. The number of amides is 1. The molecule has 0 aromatic heterocycles. The average molecular weight is 398 g/mol. The molecule has 0 saturated heterocycles. The summed E-state index contributed by atoms with van der Waals surface area (Å²) < 4.78 is 11.4. The Bertz CT molecular complexity index is 695. The lowest BCUT2D eigenvalue weighted by Crippen LogP contribution is -2.09. The predicted octanol–water partition coefficient (Wildman–Crippen LogP) is 6.40. The van der Waals surface area contributed by atoms with Crippen LogP contribution in [0.1, 0.15) is 64.4 Å². The lowest BCUT2D eigenvalue weighted by atomic mass is 10.0.